The quantitative estimate of drug-likeness (QED) is 0.782. The average molecular weight is 312 g/mol. The minimum Gasteiger partial charge on any atom is -0.367 e. The van der Waals surface area contributed by atoms with Crippen LogP contribution in [0.4, 0.5) is 0 Å². The van der Waals surface area contributed by atoms with E-state index in [0.29, 0.717) is 13.0 Å². The van der Waals surface area contributed by atoms with Crippen LogP contribution in [0.1, 0.15) is 24.8 Å². The molecule has 2 saturated heterocycles. The number of benzene rings is 1. The lowest BCUT2D eigenvalue weighted by atomic mass is 9.89. The van der Waals surface area contributed by atoms with Crippen LogP contribution in [0.15, 0.2) is 23.1 Å². The van der Waals surface area contributed by atoms with E-state index in [-0.39, 0.29) is 11.4 Å². The van der Waals surface area contributed by atoms with Crippen molar-refractivity contribution in [2.24, 2.45) is 0 Å². The van der Waals surface area contributed by atoms with Gasteiger partial charge < -0.3 is 4.74 Å². The standard InChI is InChI=1S/C15H18ClNO2S/c1-11-2-3-14(13(16)8-11)20-17-6-4-15(5-7-17)9-12(18)10-19-15/h2-3,8H,4-7,9-10H2,1H3. The van der Waals surface area contributed by atoms with Gasteiger partial charge in [0, 0.05) is 24.4 Å². The number of aryl methyl sites for hydroxylation is 1. The second kappa shape index (κ2) is 5.68. The Balaban J connectivity index is 1.60. The summed E-state index contributed by atoms with van der Waals surface area (Å²) in [7, 11) is 0. The number of ether oxygens (including phenoxy) is 1. The highest BCUT2D eigenvalue weighted by atomic mass is 35.5. The Morgan fingerprint density at radius 1 is 1.35 bits per heavy atom. The molecule has 2 fully saturated rings. The Hall–Kier alpha value is -0.550. The topological polar surface area (TPSA) is 29.5 Å². The zero-order valence-corrected chi connectivity index (χ0v) is 13.1. The molecule has 0 N–H and O–H groups in total. The fraction of sp³-hybridized carbons (Fsp3) is 0.533. The van der Waals surface area contributed by atoms with Crippen molar-refractivity contribution in [2.75, 3.05) is 19.7 Å². The summed E-state index contributed by atoms with van der Waals surface area (Å²) in [4.78, 5) is 12.5. The molecule has 0 saturated carbocycles. The van der Waals surface area contributed by atoms with Gasteiger partial charge >= 0.3 is 0 Å². The molecule has 0 atom stereocenters. The Morgan fingerprint density at radius 2 is 2.10 bits per heavy atom. The Bertz CT molecular complexity index is 527. The maximum atomic E-state index is 11.4. The summed E-state index contributed by atoms with van der Waals surface area (Å²) >= 11 is 7.98. The number of hydrogen-bond donors (Lipinski definition) is 0. The van der Waals surface area contributed by atoms with Gasteiger partial charge in [-0.3, -0.25) is 4.79 Å². The third-order valence-electron chi connectivity index (χ3n) is 4.01. The first-order valence-electron chi connectivity index (χ1n) is 6.91. The minimum absolute atomic E-state index is 0.175. The molecule has 1 spiro atoms. The van der Waals surface area contributed by atoms with Crippen molar-refractivity contribution in [1.82, 2.24) is 4.31 Å². The first-order valence-corrected chi connectivity index (χ1v) is 8.06. The molecule has 0 aromatic heterocycles. The maximum absolute atomic E-state index is 11.4. The minimum atomic E-state index is -0.175. The highest BCUT2D eigenvalue weighted by Gasteiger charge is 2.42. The molecule has 1 aromatic rings. The van der Waals surface area contributed by atoms with Crippen molar-refractivity contribution in [3.05, 3.63) is 28.8 Å². The monoisotopic (exact) mass is 311 g/mol. The molecule has 0 unspecified atom stereocenters. The number of hydrogen-bond acceptors (Lipinski definition) is 4. The van der Waals surface area contributed by atoms with Gasteiger partial charge in [-0.05, 0) is 49.4 Å². The van der Waals surface area contributed by atoms with Gasteiger partial charge in [-0.15, -0.1) is 0 Å². The van der Waals surface area contributed by atoms with Crippen LogP contribution in [0.2, 0.25) is 5.02 Å². The Kier molecular flexibility index (Phi) is 4.09. The van der Waals surface area contributed by atoms with Gasteiger partial charge in [0.25, 0.3) is 0 Å². The summed E-state index contributed by atoms with van der Waals surface area (Å²) in [5.41, 5.74) is 1.00. The third kappa shape index (κ3) is 3.03. The first kappa shape index (κ1) is 14.4. The molecule has 0 bridgehead atoms. The number of Topliss-reactive ketones (excluding diaryl/α,β-unsaturated/α-hetero) is 1. The Labute approximate surface area is 128 Å². The van der Waals surface area contributed by atoms with Crippen LogP contribution in [0.3, 0.4) is 0 Å². The average Bonchev–Trinajstić information content (AvgIpc) is 2.77. The lowest BCUT2D eigenvalue weighted by Gasteiger charge is -2.37. The highest BCUT2D eigenvalue weighted by molar-refractivity contribution is 7.97. The zero-order valence-electron chi connectivity index (χ0n) is 11.5. The van der Waals surface area contributed by atoms with Crippen LogP contribution in [-0.4, -0.2) is 35.4 Å². The number of carbonyl (C=O) groups is 1. The fourth-order valence-electron chi connectivity index (χ4n) is 2.82. The smallest absolute Gasteiger partial charge is 0.161 e. The second-order valence-electron chi connectivity index (χ2n) is 5.64. The van der Waals surface area contributed by atoms with Gasteiger partial charge in [0.1, 0.15) is 6.61 Å². The molecule has 0 aliphatic carbocycles. The molecule has 2 heterocycles. The van der Waals surface area contributed by atoms with Gasteiger partial charge in [-0.2, -0.15) is 0 Å². The van der Waals surface area contributed by atoms with E-state index in [2.05, 4.69) is 16.4 Å². The van der Waals surface area contributed by atoms with Gasteiger partial charge in [0.2, 0.25) is 0 Å². The molecule has 2 aliphatic rings. The fourth-order valence-corrected chi connectivity index (χ4v) is 4.08. The molecule has 20 heavy (non-hydrogen) atoms. The van der Waals surface area contributed by atoms with E-state index in [1.807, 2.05) is 13.0 Å². The van der Waals surface area contributed by atoms with E-state index in [0.717, 1.165) is 35.8 Å². The van der Waals surface area contributed by atoms with Crippen LogP contribution in [0.25, 0.3) is 0 Å². The molecule has 0 radical (unpaired) electrons. The van der Waals surface area contributed by atoms with Gasteiger partial charge in [0.15, 0.2) is 5.78 Å². The highest BCUT2D eigenvalue weighted by Crippen LogP contribution is 2.38. The normalized spacial score (nSPS) is 22.6. The van der Waals surface area contributed by atoms with E-state index in [9.17, 15) is 4.79 Å². The lowest BCUT2D eigenvalue weighted by molar-refractivity contribution is -0.117. The van der Waals surface area contributed by atoms with E-state index in [1.54, 1.807) is 11.9 Å². The van der Waals surface area contributed by atoms with Gasteiger partial charge in [-0.25, -0.2) is 4.31 Å². The van der Waals surface area contributed by atoms with Crippen molar-refractivity contribution in [2.45, 2.75) is 36.7 Å². The first-order chi connectivity index (χ1) is 9.56. The van der Waals surface area contributed by atoms with Crippen LogP contribution >= 0.6 is 23.5 Å². The molecule has 108 valence electrons. The predicted octanol–water partition coefficient (Wildman–Crippen LogP) is 3.48. The molecule has 3 nitrogen and oxygen atoms in total. The molecule has 3 rings (SSSR count). The van der Waals surface area contributed by atoms with E-state index in [1.165, 1.54) is 5.56 Å². The number of rotatable bonds is 2. The van der Waals surface area contributed by atoms with E-state index >= 15 is 0 Å². The summed E-state index contributed by atoms with van der Waals surface area (Å²) in [5, 5.41) is 0.808. The largest absolute Gasteiger partial charge is 0.367 e. The van der Waals surface area contributed by atoms with Crippen LogP contribution in [0.5, 0.6) is 0 Å². The van der Waals surface area contributed by atoms with E-state index < -0.39 is 0 Å². The molecule has 1 aromatic carbocycles. The predicted molar refractivity (Wildman–Crippen MR) is 81.2 cm³/mol. The zero-order chi connectivity index (χ0) is 14.2. The van der Waals surface area contributed by atoms with Gasteiger partial charge in [-0.1, -0.05) is 17.7 Å². The van der Waals surface area contributed by atoms with Crippen LogP contribution in [0, 0.1) is 6.92 Å². The molecule has 0 amide bonds. The summed E-state index contributed by atoms with van der Waals surface area (Å²) in [6, 6.07) is 6.15. The SMILES string of the molecule is Cc1ccc(SN2CCC3(CC2)CC(=O)CO3)c(Cl)c1. The van der Waals surface area contributed by atoms with Crippen molar-refractivity contribution in [3.8, 4) is 0 Å². The molecular weight excluding hydrogens is 294 g/mol. The number of piperidine rings is 1. The van der Waals surface area contributed by atoms with E-state index in [4.69, 9.17) is 16.3 Å². The van der Waals surface area contributed by atoms with Crippen molar-refractivity contribution < 1.29 is 9.53 Å². The van der Waals surface area contributed by atoms with Crippen LogP contribution < -0.4 is 0 Å². The number of halogens is 1. The van der Waals surface area contributed by atoms with Crippen molar-refractivity contribution in [1.29, 1.82) is 0 Å². The molecule has 5 heteroatoms. The summed E-state index contributed by atoms with van der Waals surface area (Å²) < 4.78 is 8.03. The second-order valence-corrected chi connectivity index (χ2v) is 7.19. The summed E-state index contributed by atoms with van der Waals surface area (Å²) in [5.74, 6) is 0.243. The number of ketones is 1. The third-order valence-corrected chi connectivity index (χ3v) is 5.61. The van der Waals surface area contributed by atoms with Gasteiger partial charge in [0.05, 0.1) is 10.6 Å². The van der Waals surface area contributed by atoms with Crippen LogP contribution in [-0.2, 0) is 9.53 Å². The Morgan fingerprint density at radius 3 is 2.70 bits per heavy atom. The van der Waals surface area contributed by atoms with Crippen molar-refractivity contribution >= 4 is 29.3 Å². The lowest BCUT2D eigenvalue weighted by Crippen LogP contribution is -2.41. The summed E-state index contributed by atoms with van der Waals surface area (Å²) in [6.45, 7) is 4.21. The maximum Gasteiger partial charge on any atom is 0.161 e. The molecular formula is C15H18ClNO2S. The molecule has 2 aliphatic heterocycles. The summed E-state index contributed by atoms with van der Waals surface area (Å²) in [6.07, 6.45) is 2.45. The number of nitrogens with zero attached hydrogens (tertiary/aromatic N) is 1. The van der Waals surface area contributed by atoms with Crippen molar-refractivity contribution in [3.63, 3.8) is 0 Å². The number of carbonyl (C=O) groups excluding carboxylic acids is 1.